The number of carbonyl (C=O) groups is 1. The molecule has 21 heavy (non-hydrogen) atoms. The molecule has 2 rings (SSSR count). The summed E-state index contributed by atoms with van der Waals surface area (Å²) in [6, 6.07) is 12.3. The van der Waals surface area contributed by atoms with Crippen molar-refractivity contribution in [3.8, 4) is 5.75 Å². The highest BCUT2D eigenvalue weighted by Crippen LogP contribution is 2.33. The fourth-order valence-corrected chi connectivity index (χ4v) is 2.30. The second-order valence-electron chi connectivity index (χ2n) is 4.08. The Morgan fingerprint density at radius 2 is 1.81 bits per heavy atom. The predicted octanol–water partition coefficient (Wildman–Crippen LogP) is 3.77. The van der Waals surface area contributed by atoms with Gasteiger partial charge in [0.1, 0.15) is 0 Å². The van der Waals surface area contributed by atoms with E-state index in [4.69, 9.17) is 27.9 Å². The average molecular weight is 323 g/mol. The second-order valence-corrected chi connectivity index (χ2v) is 4.90. The van der Waals surface area contributed by atoms with Gasteiger partial charge in [0.2, 0.25) is 0 Å². The van der Waals surface area contributed by atoms with E-state index >= 15 is 0 Å². The van der Waals surface area contributed by atoms with Gasteiger partial charge >= 0.3 is 0 Å². The lowest BCUT2D eigenvalue weighted by Crippen LogP contribution is -2.17. The number of carbonyl (C=O) groups excluding carboxylic acids is 1. The number of nitrogens with zero attached hydrogens (tertiary/aromatic N) is 1. The van der Waals surface area contributed by atoms with Gasteiger partial charge in [-0.15, -0.1) is 0 Å². The molecule has 4 nitrogen and oxygen atoms in total. The number of hydrogen-bond donors (Lipinski definition) is 1. The Balaban J connectivity index is 2.09. The van der Waals surface area contributed by atoms with Gasteiger partial charge in [-0.05, 0) is 17.7 Å². The van der Waals surface area contributed by atoms with Crippen LogP contribution >= 0.6 is 23.2 Å². The molecule has 108 valence electrons. The lowest BCUT2D eigenvalue weighted by molar-refractivity contribution is 0.0955. The summed E-state index contributed by atoms with van der Waals surface area (Å²) in [6.07, 6.45) is 1.55. The van der Waals surface area contributed by atoms with Crippen LogP contribution in [0.3, 0.4) is 0 Å². The highest BCUT2D eigenvalue weighted by atomic mass is 35.5. The number of hydrogen-bond acceptors (Lipinski definition) is 3. The van der Waals surface area contributed by atoms with Crippen molar-refractivity contribution in [1.82, 2.24) is 5.43 Å². The number of rotatable bonds is 4. The Labute approximate surface area is 132 Å². The minimum atomic E-state index is -0.409. The van der Waals surface area contributed by atoms with Gasteiger partial charge in [-0.1, -0.05) is 53.5 Å². The summed E-state index contributed by atoms with van der Waals surface area (Å²) in [6.45, 7) is 0. The third-order valence-corrected chi connectivity index (χ3v) is 3.21. The van der Waals surface area contributed by atoms with Crippen molar-refractivity contribution in [2.24, 2.45) is 5.10 Å². The minimum absolute atomic E-state index is 0.266. The summed E-state index contributed by atoms with van der Waals surface area (Å²) >= 11 is 12.0. The van der Waals surface area contributed by atoms with E-state index in [9.17, 15) is 4.79 Å². The molecule has 0 fully saturated rings. The van der Waals surface area contributed by atoms with Crippen molar-refractivity contribution in [2.75, 3.05) is 7.11 Å². The van der Waals surface area contributed by atoms with Gasteiger partial charge in [0.05, 0.1) is 23.4 Å². The number of halogens is 2. The van der Waals surface area contributed by atoms with Gasteiger partial charge in [-0.2, -0.15) is 5.10 Å². The SMILES string of the molecule is COc1c(Cl)cc(C(=O)N/N=C/c2ccccc2)cc1Cl. The largest absolute Gasteiger partial charge is 0.494 e. The van der Waals surface area contributed by atoms with Gasteiger partial charge in [0, 0.05) is 5.56 Å². The Kier molecular flexibility index (Phi) is 5.20. The van der Waals surface area contributed by atoms with E-state index in [-0.39, 0.29) is 10.0 Å². The van der Waals surface area contributed by atoms with E-state index in [1.807, 2.05) is 30.3 Å². The van der Waals surface area contributed by atoms with Crippen LogP contribution in [0.15, 0.2) is 47.6 Å². The third kappa shape index (κ3) is 3.97. The first-order chi connectivity index (χ1) is 10.1. The molecule has 2 aromatic rings. The topological polar surface area (TPSA) is 50.7 Å². The van der Waals surface area contributed by atoms with Crippen LogP contribution in [0.1, 0.15) is 15.9 Å². The minimum Gasteiger partial charge on any atom is -0.494 e. The molecule has 0 bridgehead atoms. The molecule has 1 amide bonds. The molecule has 0 aliphatic carbocycles. The molecular formula is C15H12Cl2N2O2. The van der Waals surface area contributed by atoms with E-state index in [0.29, 0.717) is 11.3 Å². The monoisotopic (exact) mass is 322 g/mol. The van der Waals surface area contributed by atoms with Crippen LogP contribution in [0.4, 0.5) is 0 Å². The van der Waals surface area contributed by atoms with Gasteiger partial charge < -0.3 is 4.74 Å². The van der Waals surface area contributed by atoms with Gasteiger partial charge in [0.15, 0.2) is 5.75 Å². The van der Waals surface area contributed by atoms with E-state index in [0.717, 1.165) is 5.56 Å². The molecule has 2 aromatic carbocycles. The fourth-order valence-electron chi connectivity index (χ4n) is 1.66. The van der Waals surface area contributed by atoms with E-state index in [1.165, 1.54) is 19.2 Å². The molecule has 0 saturated carbocycles. The number of benzene rings is 2. The number of ether oxygens (including phenoxy) is 1. The first kappa shape index (κ1) is 15.4. The highest BCUT2D eigenvalue weighted by molar-refractivity contribution is 6.37. The van der Waals surface area contributed by atoms with Crippen molar-refractivity contribution in [1.29, 1.82) is 0 Å². The van der Waals surface area contributed by atoms with E-state index < -0.39 is 5.91 Å². The second kappa shape index (κ2) is 7.11. The average Bonchev–Trinajstić information content (AvgIpc) is 2.48. The summed E-state index contributed by atoms with van der Waals surface area (Å²) in [5.41, 5.74) is 3.59. The molecule has 0 aliphatic rings. The predicted molar refractivity (Wildman–Crippen MR) is 84.5 cm³/mol. The van der Waals surface area contributed by atoms with Crippen LogP contribution in [0.2, 0.25) is 10.0 Å². The quantitative estimate of drug-likeness (QED) is 0.688. The molecule has 0 heterocycles. The number of amides is 1. The van der Waals surface area contributed by atoms with Crippen LogP contribution in [-0.2, 0) is 0 Å². The smallest absolute Gasteiger partial charge is 0.271 e. The molecule has 0 atom stereocenters. The van der Waals surface area contributed by atoms with Crippen molar-refractivity contribution in [3.05, 3.63) is 63.6 Å². The normalized spacial score (nSPS) is 10.6. The van der Waals surface area contributed by atoms with Gasteiger partial charge in [-0.3, -0.25) is 4.79 Å². The Morgan fingerprint density at radius 3 is 2.38 bits per heavy atom. The molecule has 0 radical (unpaired) electrons. The molecule has 0 aliphatic heterocycles. The zero-order valence-electron chi connectivity index (χ0n) is 11.1. The first-order valence-corrected chi connectivity index (χ1v) is 6.79. The molecule has 6 heteroatoms. The number of nitrogens with one attached hydrogen (secondary N) is 1. The third-order valence-electron chi connectivity index (χ3n) is 2.64. The maximum Gasteiger partial charge on any atom is 0.271 e. The lowest BCUT2D eigenvalue weighted by Gasteiger charge is -2.07. The molecule has 0 aromatic heterocycles. The van der Waals surface area contributed by atoms with Crippen LogP contribution in [0.5, 0.6) is 5.75 Å². The molecule has 1 N–H and O–H groups in total. The fraction of sp³-hybridized carbons (Fsp3) is 0.0667. The lowest BCUT2D eigenvalue weighted by atomic mass is 10.2. The molecule has 0 saturated heterocycles. The van der Waals surface area contributed by atoms with Crippen molar-refractivity contribution in [3.63, 3.8) is 0 Å². The zero-order valence-corrected chi connectivity index (χ0v) is 12.7. The zero-order chi connectivity index (χ0) is 15.2. The molecule has 0 spiro atoms. The summed E-state index contributed by atoms with van der Waals surface area (Å²) in [5, 5.41) is 4.41. The maximum absolute atomic E-state index is 12.0. The van der Waals surface area contributed by atoms with Gasteiger partial charge in [-0.25, -0.2) is 5.43 Å². The Morgan fingerprint density at radius 1 is 1.19 bits per heavy atom. The summed E-state index contributed by atoms with van der Waals surface area (Å²) in [4.78, 5) is 12.0. The first-order valence-electron chi connectivity index (χ1n) is 6.03. The summed E-state index contributed by atoms with van der Waals surface area (Å²) in [7, 11) is 1.46. The summed E-state index contributed by atoms with van der Waals surface area (Å²) in [5.74, 6) is -0.0729. The maximum atomic E-state index is 12.0. The Bertz CT molecular complexity index is 650. The van der Waals surface area contributed by atoms with Gasteiger partial charge in [0.25, 0.3) is 5.91 Å². The van der Waals surface area contributed by atoms with Crippen molar-refractivity contribution >= 4 is 35.3 Å². The number of methoxy groups -OCH3 is 1. The summed E-state index contributed by atoms with van der Waals surface area (Å²) < 4.78 is 5.02. The van der Waals surface area contributed by atoms with Crippen LogP contribution in [-0.4, -0.2) is 19.2 Å². The molecule has 0 unspecified atom stereocenters. The molecular weight excluding hydrogens is 311 g/mol. The van der Waals surface area contributed by atoms with Crippen molar-refractivity contribution in [2.45, 2.75) is 0 Å². The van der Waals surface area contributed by atoms with Crippen LogP contribution in [0, 0.1) is 0 Å². The number of hydrazone groups is 1. The van der Waals surface area contributed by atoms with Crippen LogP contribution in [0.25, 0.3) is 0 Å². The van der Waals surface area contributed by atoms with Crippen LogP contribution < -0.4 is 10.2 Å². The van der Waals surface area contributed by atoms with E-state index in [1.54, 1.807) is 6.21 Å². The highest BCUT2D eigenvalue weighted by Gasteiger charge is 2.12. The van der Waals surface area contributed by atoms with E-state index in [2.05, 4.69) is 10.5 Å². The van der Waals surface area contributed by atoms with Crippen molar-refractivity contribution < 1.29 is 9.53 Å². The Hall–Kier alpha value is -2.04. The standard InChI is InChI=1S/C15H12Cl2N2O2/c1-21-14-12(16)7-11(8-13(14)17)15(20)19-18-9-10-5-3-2-4-6-10/h2-9H,1H3,(H,19,20)/b18-9+.